The normalized spacial score (nSPS) is 22.6. The van der Waals surface area contributed by atoms with Gasteiger partial charge in [0.25, 0.3) is 5.69 Å². The van der Waals surface area contributed by atoms with Crippen LogP contribution in [0.5, 0.6) is 0 Å². The maximum Gasteiger partial charge on any atom is 0.310 e. The van der Waals surface area contributed by atoms with E-state index in [1.807, 2.05) is 0 Å². The fourth-order valence-electron chi connectivity index (χ4n) is 2.25. The van der Waals surface area contributed by atoms with Gasteiger partial charge in [0.15, 0.2) is 0 Å². The van der Waals surface area contributed by atoms with E-state index in [1.54, 1.807) is 0 Å². The fraction of sp³-hybridized carbons (Fsp3) is 0.417. The molecule has 0 aliphatic carbocycles. The Morgan fingerprint density at radius 2 is 2.14 bits per heavy atom. The van der Waals surface area contributed by atoms with E-state index in [0.717, 1.165) is 16.4 Å². The molecular formula is C12H13FN2O6S. The highest BCUT2D eigenvalue weighted by molar-refractivity contribution is 7.89. The van der Waals surface area contributed by atoms with E-state index >= 15 is 0 Å². The molecule has 0 amide bonds. The molecule has 1 saturated heterocycles. The maximum atomic E-state index is 13.9. The van der Waals surface area contributed by atoms with Crippen molar-refractivity contribution in [2.24, 2.45) is 5.41 Å². The Balaban J connectivity index is 2.36. The van der Waals surface area contributed by atoms with Crippen molar-refractivity contribution in [3.63, 3.8) is 0 Å². The molecule has 1 unspecified atom stereocenters. The summed E-state index contributed by atoms with van der Waals surface area (Å²) in [6.07, 6.45) is 0.107. The van der Waals surface area contributed by atoms with Crippen LogP contribution in [-0.2, 0) is 14.8 Å². The van der Waals surface area contributed by atoms with Crippen LogP contribution < -0.4 is 0 Å². The first-order valence-corrected chi connectivity index (χ1v) is 7.69. The molecule has 120 valence electrons. The van der Waals surface area contributed by atoms with Crippen molar-refractivity contribution in [1.29, 1.82) is 0 Å². The maximum absolute atomic E-state index is 13.9. The lowest BCUT2D eigenvalue weighted by Crippen LogP contribution is -2.35. The van der Waals surface area contributed by atoms with Crippen molar-refractivity contribution >= 4 is 21.7 Å². The Hall–Kier alpha value is -2.07. The largest absolute Gasteiger partial charge is 0.481 e. The average molecular weight is 332 g/mol. The third kappa shape index (κ3) is 2.66. The molecule has 1 aliphatic rings. The van der Waals surface area contributed by atoms with Gasteiger partial charge in [-0.3, -0.25) is 14.9 Å². The summed E-state index contributed by atoms with van der Waals surface area (Å²) in [5.41, 5.74) is -1.79. The van der Waals surface area contributed by atoms with E-state index in [4.69, 9.17) is 5.11 Å². The van der Waals surface area contributed by atoms with Crippen LogP contribution in [0.15, 0.2) is 23.1 Å². The second-order valence-corrected chi connectivity index (χ2v) is 7.23. The minimum absolute atomic E-state index is 0.0540. The van der Waals surface area contributed by atoms with Crippen LogP contribution in [0.1, 0.15) is 13.3 Å². The molecule has 0 aromatic heterocycles. The number of nitro benzene ring substituents is 1. The zero-order chi connectivity index (χ0) is 16.7. The monoisotopic (exact) mass is 332 g/mol. The van der Waals surface area contributed by atoms with Crippen LogP contribution >= 0.6 is 0 Å². The summed E-state index contributed by atoms with van der Waals surface area (Å²) in [5.74, 6) is -2.37. The predicted octanol–water partition coefficient (Wildman–Crippen LogP) is 1.22. The van der Waals surface area contributed by atoms with Gasteiger partial charge in [-0.05, 0) is 19.4 Å². The number of benzene rings is 1. The van der Waals surface area contributed by atoms with E-state index in [0.29, 0.717) is 6.07 Å². The number of nitrogens with zero attached hydrogens (tertiary/aromatic N) is 2. The molecule has 1 aliphatic heterocycles. The van der Waals surface area contributed by atoms with Gasteiger partial charge in [0, 0.05) is 19.2 Å². The summed E-state index contributed by atoms with van der Waals surface area (Å²) >= 11 is 0. The lowest BCUT2D eigenvalue weighted by molar-refractivity contribution is -0.385. The molecule has 22 heavy (non-hydrogen) atoms. The number of sulfonamides is 1. The summed E-state index contributed by atoms with van der Waals surface area (Å²) in [5, 5.41) is 19.7. The Bertz CT molecular complexity index is 750. The minimum Gasteiger partial charge on any atom is -0.481 e. The summed E-state index contributed by atoms with van der Waals surface area (Å²) < 4.78 is 39.5. The molecule has 1 aromatic carbocycles. The van der Waals surface area contributed by atoms with E-state index < -0.39 is 42.7 Å². The lowest BCUT2D eigenvalue weighted by atomic mass is 9.90. The molecule has 10 heteroatoms. The molecule has 1 N–H and O–H groups in total. The van der Waals surface area contributed by atoms with Crippen molar-refractivity contribution in [3.8, 4) is 0 Å². The van der Waals surface area contributed by atoms with Gasteiger partial charge in [0.2, 0.25) is 10.0 Å². The molecule has 8 nitrogen and oxygen atoms in total. The number of aliphatic carboxylic acids is 1. The van der Waals surface area contributed by atoms with Gasteiger partial charge in [-0.15, -0.1) is 0 Å². The third-order valence-corrected chi connectivity index (χ3v) is 5.58. The lowest BCUT2D eigenvalue weighted by Gasteiger charge is -2.20. The van der Waals surface area contributed by atoms with Crippen molar-refractivity contribution in [1.82, 2.24) is 4.31 Å². The number of non-ortho nitro benzene ring substituents is 1. The first-order chi connectivity index (χ1) is 10.1. The number of hydrogen-bond donors (Lipinski definition) is 1. The molecule has 2 rings (SSSR count). The number of rotatable bonds is 4. The Labute approximate surface area is 125 Å². The SMILES string of the molecule is CC1(C(=O)O)CCN(S(=O)(=O)c2ccc([N+](=O)[O-])cc2F)C1. The molecule has 0 bridgehead atoms. The third-order valence-electron chi connectivity index (χ3n) is 3.70. The highest BCUT2D eigenvalue weighted by Gasteiger charge is 2.45. The van der Waals surface area contributed by atoms with Gasteiger partial charge in [-0.1, -0.05) is 0 Å². The quantitative estimate of drug-likeness (QED) is 0.654. The van der Waals surface area contributed by atoms with Gasteiger partial charge in [-0.2, -0.15) is 4.31 Å². The minimum atomic E-state index is -4.24. The zero-order valence-corrected chi connectivity index (χ0v) is 12.3. The molecule has 0 spiro atoms. The zero-order valence-electron chi connectivity index (χ0n) is 11.5. The van der Waals surface area contributed by atoms with Crippen LogP contribution in [-0.4, -0.2) is 41.8 Å². The first-order valence-electron chi connectivity index (χ1n) is 6.25. The Kier molecular flexibility index (Phi) is 3.92. The van der Waals surface area contributed by atoms with E-state index in [1.165, 1.54) is 6.92 Å². The summed E-state index contributed by atoms with van der Waals surface area (Å²) in [6.45, 7) is 1.08. The van der Waals surface area contributed by atoms with E-state index in [9.17, 15) is 27.7 Å². The number of carboxylic acid groups (broad SMARTS) is 1. The standard InChI is InChI=1S/C12H13FN2O6S/c1-12(11(16)17)4-5-14(7-12)22(20,21)10-3-2-8(15(18)19)6-9(10)13/h2-3,6H,4-5,7H2,1H3,(H,16,17). The van der Waals surface area contributed by atoms with Crippen LogP contribution in [0.2, 0.25) is 0 Å². The number of carboxylic acids is 1. The smallest absolute Gasteiger partial charge is 0.310 e. The average Bonchev–Trinajstić information content (AvgIpc) is 2.83. The number of halogens is 1. The van der Waals surface area contributed by atoms with Gasteiger partial charge < -0.3 is 5.11 Å². The number of nitro groups is 1. The summed E-state index contributed by atoms with van der Waals surface area (Å²) in [4.78, 5) is 20.2. The molecule has 1 fully saturated rings. The number of hydrogen-bond acceptors (Lipinski definition) is 5. The fourth-order valence-corrected chi connectivity index (χ4v) is 3.86. The van der Waals surface area contributed by atoms with Gasteiger partial charge in [0.1, 0.15) is 10.7 Å². The van der Waals surface area contributed by atoms with Gasteiger partial charge >= 0.3 is 5.97 Å². The first kappa shape index (κ1) is 16.3. The highest BCUT2D eigenvalue weighted by Crippen LogP contribution is 2.34. The molecular weight excluding hydrogens is 319 g/mol. The highest BCUT2D eigenvalue weighted by atomic mass is 32.2. The Morgan fingerprint density at radius 3 is 2.59 bits per heavy atom. The Morgan fingerprint density at radius 1 is 1.50 bits per heavy atom. The van der Waals surface area contributed by atoms with Crippen molar-refractivity contribution in [2.75, 3.05) is 13.1 Å². The molecule has 0 saturated carbocycles. The molecule has 1 heterocycles. The molecule has 1 aromatic rings. The van der Waals surface area contributed by atoms with Crippen molar-refractivity contribution < 1.29 is 27.6 Å². The van der Waals surface area contributed by atoms with Crippen LogP contribution in [0, 0.1) is 21.3 Å². The second-order valence-electron chi connectivity index (χ2n) is 5.33. The summed E-state index contributed by atoms with van der Waals surface area (Å²) in [6, 6.07) is 2.24. The summed E-state index contributed by atoms with van der Waals surface area (Å²) in [7, 11) is -4.24. The van der Waals surface area contributed by atoms with E-state index in [-0.39, 0.29) is 19.5 Å². The molecule has 0 radical (unpaired) electrons. The van der Waals surface area contributed by atoms with Crippen molar-refractivity contribution in [2.45, 2.75) is 18.2 Å². The number of carbonyl (C=O) groups is 1. The van der Waals surface area contributed by atoms with Gasteiger partial charge in [-0.25, -0.2) is 12.8 Å². The second kappa shape index (κ2) is 5.29. The molecule has 1 atom stereocenters. The van der Waals surface area contributed by atoms with Crippen LogP contribution in [0.4, 0.5) is 10.1 Å². The van der Waals surface area contributed by atoms with Gasteiger partial charge in [0.05, 0.1) is 16.4 Å². The van der Waals surface area contributed by atoms with E-state index in [2.05, 4.69) is 0 Å². The predicted molar refractivity (Wildman–Crippen MR) is 72.2 cm³/mol. The van der Waals surface area contributed by atoms with Crippen molar-refractivity contribution in [3.05, 3.63) is 34.1 Å². The van der Waals surface area contributed by atoms with Crippen LogP contribution in [0.3, 0.4) is 0 Å². The topological polar surface area (TPSA) is 118 Å². The van der Waals surface area contributed by atoms with Crippen LogP contribution in [0.25, 0.3) is 0 Å².